The Kier molecular flexibility index (Phi) is 4.48. The number of aromatic amines is 1. The molecule has 1 amide bonds. The molecule has 1 aliphatic rings. The van der Waals surface area contributed by atoms with Crippen LogP contribution in [0.2, 0.25) is 0 Å². The largest absolute Gasteiger partial charge is 0.381 e. The molecular weight excluding hydrogens is 282 g/mol. The molecule has 3 rings (SSSR count). The van der Waals surface area contributed by atoms with Crippen LogP contribution in [0.15, 0.2) is 29.1 Å². The first-order valence-corrected chi connectivity index (χ1v) is 7.55. The molecule has 2 aromatic rings. The summed E-state index contributed by atoms with van der Waals surface area (Å²) in [5.74, 6) is 0.938. The van der Waals surface area contributed by atoms with Gasteiger partial charge in [-0.25, -0.2) is 4.98 Å². The predicted octanol–water partition coefficient (Wildman–Crippen LogP) is 1.01. The third-order valence-corrected chi connectivity index (χ3v) is 3.86. The number of para-hydroxylation sites is 1. The number of rotatable bonds is 5. The summed E-state index contributed by atoms with van der Waals surface area (Å²) in [7, 11) is 0. The van der Waals surface area contributed by atoms with E-state index in [0.29, 0.717) is 42.0 Å². The van der Waals surface area contributed by atoms with Gasteiger partial charge in [0, 0.05) is 31.9 Å². The Labute approximate surface area is 127 Å². The average Bonchev–Trinajstić information content (AvgIpc) is 3.04. The minimum atomic E-state index is -0.163. The molecule has 0 spiro atoms. The standard InChI is InChI=1S/C16H19N3O3/c20-15(17-9-11-7-8-22-10-11)6-5-14-18-13-4-2-1-3-12(13)16(21)19-14/h1-4,11H,5-10H2,(H,17,20)(H,18,19,21). The highest BCUT2D eigenvalue weighted by molar-refractivity contribution is 5.78. The first-order valence-electron chi connectivity index (χ1n) is 7.55. The highest BCUT2D eigenvalue weighted by atomic mass is 16.5. The number of aryl methyl sites for hydroxylation is 1. The van der Waals surface area contributed by atoms with Crippen LogP contribution in [-0.4, -0.2) is 35.6 Å². The smallest absolute Gasteiger partial charge is 0.258 e. The predicted molar refractivity (Wildman–Crippen MR) is 82.6 cm³/mol. The van der Waals surface area contributed by atoms with Gasteiger partial charge in [-0.2, -0.15) is 0 Å². The number of carbonyl (C=O) groups is 1. The van der Waals surface area contributed by atoms with E-state index in [4.69, 9.17) is 4.74 Å². The number of carbonyl (C=O) groups excluding carboxylic acids is 1. The Morgan fingerprint density at radius 1 is 1.41 bits per heavy atom. The summed E-state index contributed by atoms with van der Waals surface area (Å²) < 4.78 is 5.27. The van der Waals surface area contributed by atoms with E-state index in [2.05, 4.69) is 15.3 Å². The molecule has 1 unspecified atom stereocenters. The van der Waals surface area contributed by atoms with Crippen molar-refractivity contribution >= 4 is 16.8 Å². The molecule has 1 aliphatic heterocycles. The van der Waals surface area contributed by atoms with Gasteiger partial charge in [-0.3, -0.25) is 9.59 Å². The fourth-order valence-corrected chi connectivity index (χ4v) is 2.58. The van der Waals surface area contributed by atoms with Crippen molar-refractivity contribution in [2.45, 2.75) is 19.3 Å². The summed E-state index contributed by atoms with van der Waals surface area (Å²) in [6.45, 7) is 2.16. The van der Waals surface area contributed by atoms with Crippen LogP contribution in [0.3, 0.4) is 0 Å². The van der Waals surface area contributed by atoms with Crippen molar-refractivity contribution in [2.75, 3.05) is 19.8 Å². The Balaban J connectivity index is 1.56. The third-order valence-electron chi connectivity index (χ3n) is 3.86. The van der Waals surface area contributed by atoms with Crippen molar-refractivity contribution in [1.29, 1.82) is 0 Å². The highest BCUT2D eigenvalue weighted by Gasteiger charge is 2.16. The maximum atomic E-state index is 11.9. The van der Waals surface area contributed by atoms with E-state index in [9.17, 15) is 9.59 Å². The molecule has 116 valence electrons. The van der Waals surface area contributed by atoms with E-state index in [1.165, 1.54) is 0 Å². The normalized spacial score (nSPS) is 17.7. The fourth-order valence-electron chi connectivity index (χ4n) is 2.58. The second-order valence-corrected chi connectivity index (χ2v) is 5.56. The summed E-state index contributed by atoms with van der Waals surface area (Å²) in [4.78, 5) is 30.9. The lowest BCUT2D eigenvalue weighted by Gasteiger charge is -2.09. The first kappa shape index (κ1) is 14.7. The number of aromatic nitrogens is 2. The summed E-state index contributed by atoms with van der Waals surface area (Å²) in [5.41, 5.74) is 0.494. The van der Waals surface area contributed by atoms with Crippen LogP contribution in [0.4, 0.5) is 0 Å². The number of amides is 1. The first-order chi connectivity index (χ1) is 10.7. The molecule has 1 atom stereocenters. The number of H-pyrrole nitrogens is 1. The minimum Gasteiger partial charge on any atom is -0.381 e. The SMILES string of the molecule is O=C(CCc1nc2ccccc2c(=O)[nH]1)NCC1CCOC1. The number of hydrogen-bond donors (Lipinski definition) is 2. The number of fused-ring (bicyclic) bond motifs is 1. The fraction of sp³-hybridized carbons (Fsp3) is 0.438. The van der Waals surface area contributed by atoms with Gasteiger partial charge in [0.1, 0.15) is 5.82 Å². The van der Waals surface area contributed by atoms with Crippen LogP contribution in [-0.2, 0) is 16.0 Å². The second kappa shape index (κ2) is 6.70. The Hall–Kier alpha value is -2.21. The summed E-state index contributed by atoms with van der Waals surface area (Å²) >= 11 is 0. The summed E-state index contributed by atoms with van der Waals surface area (Å²) in [6, 6.07) is 7.18. The molecule has 1 fully saturated rings. The summed E-state index contributed by atoms with van der Waals surface area (Å²) in [5, 5.41) is 3.47. The van der Waals surface area contributed by atoms with Crippen molar-refractivity contribution in [1.82, 2.24) is 15.3 Å². The lowest BCUT2D eigenvalue weighted by Crippen LogP contribution is -2.29. The molecule has 2 heterocycles. The molecule has 6 nitrogen and oxygen atoms in total. The van der Waals surface area contributed by atoms with Gasteiger partial charge >= 0.3 is 0 Å². The van der Waals surface area contributed by atoms with Gasteiger partial charge in [-0.1, -0.05) is 12.1 Å². The zero-order valence-electron chi connectivity index (χ0n) is 12.3. The molecule has 0 saturated carbocycles. The molecule has 6 heteroatoms. The van der Waals surface area contributed by atoms with Gasteiger partial charge in [-0.05, 0) is 18.6 Å². The zero-order valence-corrected chi connectivity index (χ0v) is 12.3. The van der Waals surface area contributed by atoms with Gasteiger partial charge in [0.15, 0.2) is 0 Å². The molecule has 1 aromatic carbocycles. The van der Waals surface area contributed by atoms with Gasteiger partial charge in [0.25, 0.3) is 5.56 Å². The van der Waals surface area contributed by atoms with E-state index in [-0.39, 0.29) is 11.5 Å². The molecule has 1 aromatic heterocycles. The van der Waals surface area contributed by atoms with E-state index < -0.39 is 0 Å². The minimum absolute atomic E-state index is 0.0253. The number of hydrogen-bond acceptors (Lipinski definition) is 4. The maximum Gasteiger partial charge on any atom is 0.258 e. The van der Waals surface area contributed by atoms with Gasteiger partial charge < -0.3 is 15.0 Å². The van der Waals surface area contributed by atoms with Crippen LogP contribution < -0.4 is 10.9 Å². The number of nitrogens with one attached hydrogen (secondary N) is 2. The van der Waals surface area contributed by atoms with Crippen molar-refractivity contribution in [3.8, 4) is 0 Å². The average molecular weight is 301 g/mol. The van der Waals surface area contributed by atoms with Gasteiger partial charge in [0.05, 0.1) is 17.5 Å². The van der Waals surface area contributed by atoms with Crippen LogP contribution >= 0.6 is 0 Å². The topological polar surface area (TPSA) is 84.1 Å². The van der Waals surface area contributed by atoms with E-state index in [1.807, 2.05) is 6.07 Å². The molecule has 0 aliphatic carbocycles. The molecule has 22 heavy (non-hydrogen) atoms. The number of benzene rings is 1. The quantitative estimate of drug-likeness (QED) is 0.863. The zero-order chi connectivity index (χ0) is 15.4. The second-order valence-electron chi connectivity index (χ2n) is 5.56. The van der Waals surface area contributed by atoms with Crippen molar-refractivity contribution in [2.24, 2.45) is 5.92 Å². The monoisotopic (exact) mass is 301 g/mol. The molecule has 0 bridgehead atoms. The van der Waals surface area contributed by atoms with Gasteiger partial charge in [-0.15, -0.1) is 0 Å². The Morgan fingerprint density at radius 2 is 2.27 bits per heavy atom. The number of ether oxygens (including phenoxy) is 1. The molecule has 1 saturated heterocycles. The van der Waals surface area contributed by atoms with E-state index in [0.717, 1.165) is 19.6 Å². The van der Waals surface area contributed by atoms with Gasteiger partial charge in [0.2, 0.25) is 5.91 Å². The molecule has 2 N–H and O–H groups in total. The van der Waals surface area contributed by atoms with Crippen LogP contribution in [0, 0.1) is 5.92 Å². The lowest BCUT2D eigenvalue weighted by molar-refractivity contribution is -0.121. The number of nitrogens with zero attached hydrogens (tertiary/aromatic N) is 1. The Bertz CT molecular complexity index is 720. The molecular formula is C16H19N3O3. The van der Waals surface area contributed by atoms with Crippen LogP contribution in [0.1, 0.15) is 18.7 Å². The lowest BCUT2D eigenvalue weighted by atomic mass is 10.1. The van der Waals surface area contributed by atoms with E-state index in [1.54, 1.807) is 18.2 Å². The van der Waals surface area contributed by atoms with Crippen molar-refractivity contribution < 1.29 is 9.53 Å². The van der Waals surface area contributed by atoms with Crippen molar-refractivity contribution in [3.05, 3.63) is 40.4 Å². The van der Waals surface area contributed by atoms with Crippen LogP contribution in [0.5, 0.6) is 0 Å². The van der Waals surface area contributed by atoms with Crippen LogP contribution in [0.25, 0.3) is 10.9 Å². The molecule has 0 radical (unpaired) electrons. The Morgan fingerprint density at radius 3 is 3.09 bits per heavy atom. The summed E-state index contributed by atoms with van der Waals surface area (Å²) in [6.07, 6.45) is 1.74. The maximum absolute atomic E-state index is 11.9. The van der Waals surface area contributed by atoms with Crippen molar-refractivity contribution in [3.63, 3.8) is 0 Å². The highest BCUT2D eigenvalue weighted by Crippen LogP contribution is 2.11. The third kappa shape index (κ3) is 3.51. The van der Waals surface area contributed by atoms with E-state index >= 15 is 0 Å².